The molecule has 9 aromatic carbocycles. The molecule has 0 atom stereocenters. The Bertz CT molecular complexity index is 2610. The third-order valence-corrected chi connectivity index (χ3v) is 10.8. The number of hydrogen-bond acceptors (Lipinski definition) is 4. The predicted molar refractivity (Wildman–Crippen MR) is 210 cm³/mol. The number of fused-ring (bicyclic) bond motifs is 3. The lowest BCUT2D eigenvalue weighted by Gasteiger charge is -2.42. The lowest BCUT2D eigenvalue weighted by atomic mass is 9.93. The second kappa shape index (κ2) is 10.3. The molecule has 0 saturated heterocycles. The molecule has 3 aliphatic rings. The fourth-order valence-corrected chi connectivity index (χ4v) is 8.46. The number of hydrogen-bond donors (Lipinski definition) is 0. The van der Waals surface area contributed by atoms with Gasteiger partial charge in [-0.2, -0.15) is 0 Å². The molecule has 12 rings (SSSR count). The maximum Gasteiger partial charge on any atom is 0.156 e. The average Bonchev–Trinajstić information content (AvgIpc) is 3.19. The van der Waals surface area contributed by atoms with Crippen LogP contribution in [0, 0.1) is 0 Å². The Kier molecular flexibility index (Phi) is 5.47. The number of anilines is 3. The van der Waals surface area contributed by atoms with Crippen molar-refractivity contribution < 1.29 is 14.2 Å². The van der Waals surface area contributed by atoms with Gasteiger partial charge in [0.2, 0.25) is 0 Å². The van der Waals surface area contributed by atoms with Gasteiger partial charge in [0.15, 0.2) is 34.5 Å². The van der Waals surface area contributed by atoms with E-state index in [0.717, 1.165) is 84.9 Å². The van der Waals surface area contributed by atoms with Crippen LogP contribution in [-0.2, 0) is 0 Å². The molecule has 9 aromatic rings. The average molecular weight is 666 g/mol. The predicted octanol–water partition coefficient (Wildman–Crippen LogP) is 13.9. The number of benzene rings is 9. The lowest BCUT2D eigenvalue weighted by molar-refractivity contribution is 0.418. The van der Waals surface area contributed by atoms with Gasteiger partial charge in [0, 0.05) is 0 Å². The van der Waals surface area contributed by atoms with Gasteiger partial charge in [0.1, 0.15) is 17.1 Å². The van der Waals surface area contributed by atoms with Crippen LogP contribution >= 0.6 is 0 Å². The summed E-state index contributed by atoms with van der Waals surface area (Å²) in [5, 5.41) is 7.09. The first kappa shape index (κ1) is 27.7. The molecule has 3 aliphatic heterocycles. The Labute approximate surface area is 299 Å². The van der Waals surface area contributed by atoms with Crippen molar-refractivity contribution in [1.82, 2.24) is 0 Å². The molecule has 0 aliphatic carbocycles. The fourth-order valence-electron chi connectivity index (χ4n) is 8.46. The van der Waals surface area contributed by atoms with Crippen LogP contribution in [0.3, 0.4) is 0 Å². The molecule has 0 bridgehead atoms. The first-order chi connectivity index (χ1) is 25.7. The Morgan fingerprint density at radius 2 is 0.558 bits per heavy atom. The van der Waals surface area contributed by atoms with Crippen molar-refractivity contribution in [1.29, 1.82) is 0 Å². The van der Waals surface area contributed by atoms with E-state index in [0.29, 0.717) is 0 Å². The van der Waals surface area contributed by atoms with Crippen molar-refractivity contribution in [3.63, 3.8) is 0 Å². The molecule has 0 amide bonds. The van der Waals surface area contributed by atoms with Gasteiger partial charge in [-0.25, -0.2) is 0 Å². The van der Waals surface area contributed by atoms with Crippen molar-refractivity contribution in [2.75, 3.05) is 4.90 Å². The summed E-state index contributed by atoms with van der Waals surface area (Å²) >= 11 is 0. The number of nitrogens with zero attached hydrogens (tertiary/aromatic N) is 1. The van der Waals surface area contributed by atoms with Crippen LogP contribution in [0.1, 0.15) is 0 Å². The first-order valence-electron chi connectivity index (χ1n) is 17.6. The van der Waals surface area contributed by atoms with Gasteiger partial charge in [-0.3, -0.25) is 4.90 Å². The Hall–Kier alpha value is -7.04. The zero-order valence-corrected chi connectivity index (χ0v) is 27.8. The number of rotatable bonds is 3. The van der Waals surface area contributed by atoms with E-state index >= 15 is 0 Å². The highest BCUT2D eigenvalue weighted by molar-refractivity contribution is 6.06. The molecule has 0 spiro atoms. The third-order valence-electron chi connectivity index (χ3n) is 10.8. The first-order valence-corrected chi connectivity index (χ1v) is 17.6. The van der Waals surface area contributed by atoms with Gasteiger partial charge in [0.25, 0.3) is 0 Å². The van der Waals surface area contributed by atoms with Gasteiger partial charge >= 0.3 is 0 Å². The van der Waals surface area contributed by atoms with Crippen LogP contribution in [0.25, 0.3) is 65.7 Å². The minimum Gasteiger partial charge on any atom is -0.453 e. The topological polar surface area (TPSA) is 30.9 Å². The molecule has 0 N–H and O–H groups in total. The van der Waals surface area contributed by atoms with Gasteiger partial charge < -0.3 is 14.2 Å². The summed E-state index contributed by atoms with van der Waals surface area (Å²) < 4.78 is 20.8. The summed E-state index contributed by atoms with van der Waals surface area (Å²) in [6, 6.07) is 57.8. The standard InChI is InChI=1S/C48H27NO3/c1-4-16-34-28(10-1)13-7-19-37(34)31-22-40-46-41(23-31)51-43-25-33(39-21-9-15-30-12-3-6-18-36(30)39)27-45-48(43)49(46)47-42(50-40)24-32(26-44(47)52-45)38-20-8-14-29-11-2-5-17-35(29)38/h1-27H. The van der Waals surface area contributed by atoms with E-state index in [-0.39, 0.29) is 0 Å². The van der Waals surface area contributed by atoms with Gasteiger partial charge in [-0.15, -0.1) is 0 Å². The van der Waals surface area contributed by atoms with E-state index < -0.39 is 0 Å². The van der Waals surface area contributed by atoms with E-state index in [1.54, 1.807) is 0 Å². The van der Waals surface area contributed by atoms with Crippen molar-refractivity contribution in [3.8, 4) is 67.9 Å². The molecule has 0 fully saturated rings. The summed E-state index contributed by atoms with van der Waals surface area (Å²) in [6.07, 6.45) is 0. The van der Waals surface area contributed by atoms with E-state index in [9.17, 15) is 0 Å². The maximum atomic E-state index is 6.94. The molecule has 4 heteroatoms. The third kappa shape index (κ3) is 3.86. The molecule has 0 aromatic heterocycles. The monoisotopic (exact) mass is 665 g/mol. The quantitative estimate of drug-likeness (QED) is 0.188. The van der Waals surface area contributed by atoms with Gasteiger partial charge in [-0.05, 0) is 102 Å². The molecule has 0 unspecified atom stereocenters. The van der Waals surface area contributed by atoms with Crippen molar-refractivity contribution in [2.24, 2.45) is 0 Å². The van der Waals surface area contributed by atoms with E-state index in [2.05, 4.69) is 169 Å². The Morgan fingerprint density at radius 1 is 0.288 bits per heavy atom. The molecule has 4 nitrogen and oxygen atoms in total. The highest BCUT2D eigenvalue weighted by Gasteiger charge is 2.42. The maximum absolute atomic E-state index is 6.94. The zero-order valence-electron chi connectivity index (χ0n) is 27.8. The van der Waals surface area contributed by atoms with E-state index in [4.69, 9.17) is 14.2 Å². The Morgan fingerprint density at radius 3 is 0.865 bits per heavy atom. The lowest BCUT2D eigenvalue weighted by Crippen LogP contribution is -2.24. The summed E-state index contributed by atoms with van der Waals surface area (Å²) in [5.41, 5.74) is 9.10. The minimum absolute atomic E-state index is 0.741. The molecule has 52 heavy (non-hydrogen) atoms. The van der Waals surface area contributed by atoms with Crippen LogP contribution < -0.4 is 19.1 Å². The molecular weight excluding hydrogens is 639 g/mol. The largest absolute Gasteiger partial charge is 0.453 e. The highest BCUT2D eigenvalue weighted by Crippen LogP contribution is 2.68. The summed E-state index contributed by atoms with van der Waals surface area (Å²) in [6.45, 7) is 0. The molecule has 3 heterocycles. The highest BCUT2D eigenvalue weighted by atomic mass is 16.5. The second-order valence-electron chi connectivity index (χ2n) is 13.7. The van der Waals surface area contributed by atoms with E-state index in [1.165, 1.54) is 32.3 Å². The van der Waals surface area contributed by atoms with Gasteiger partial charge in [0.05, 0.1) is 0 Å². The zero-order chi connectivity index (χ0) is 33.9. The normalized spacial score (nSPS) is 13.0. The van der Waals surface area contributed by atoms with Crippen LogP contribution in [0.15, 0.2) is 164 Å². The minimum atomic E-state index is 0.741. The smallest absolute Gasteiger partial charge is 0.156 e. The van der Waals surface area contributed by atoms with Crippen LogP contribution in [0.5, 0.6) is 34.5 Å². The molecular formula is C48H27NO3. The van der Waals surface area contributed by atoms with Crippen LogP contribution in [0.4, 0.5) is 17.1 Å². The second-order valence-corrected chi connectivity index (χ2v) is 13.7. The van der Waals surface area contributed by atoms with Crippen LogP contribution in [-0.4, -0.2) is 0 Å². The van der Waals surface area contributed by atoms with Crippen LogP contribution in [0.2, 0.25) is 0 Å². The fraction of sp³-hybridized carbons (Fsp3) is 0. The van der Waals surface area contributed by atoms with E-state index in [1.807, 2.05) is 0 Å². The molecule has 0 saturated carbocycles. The Balaban J connectivity index is 1.13. The summed E-state index contributed by atoms with van der Waals surface area (Å²) in [5.74, 6) is 4.45. The SMILES string of the molecule is c1ccc2c(-c3cc4c5c(c3)Oc3cc(-c6cccc7ccccc67)cc6c3N5c3c(cc(-c5cccc7ccccc57)cc3O6)O4)cccc2c1. The van der Waals surface area contributed by atoms with Crippen molar-refractivity contribution in [2.45, 2.75) is 0 Å². The molecule has 0 radical (unpaired) electrons. The number of ether oxygens (including phenoxy) is 3. The summed E-state index contributed by atoms with van der Waals surface area (Å²) in [7, 11) is 0. The van der Waals surface area contributed by atoms with Gasteiger partial charge in [-0.1, -0.05) is 127 Å². The van der Waals surface area contributed by atoms with Crippen molar-refractivity contribution in [3.05, 3.63) is 164 Å². The molecule has 242 valence electrons. The summed E-state index contributed by atoms with van der Waals surface area (Å²) in [4.78, 5) is 2.29. The van der Waals surface area contributed by atoms with Crippen molar-refractivity contribution >= 4 is 49.4 Å².